The number of nitrogens with one attached hydrogen (secondary N) is 1. The van der Waals surface area contributed by atoms with Crippen molar-refractivity contribution in [2.45, 2.75) is 46.2 Å². The van der Waals surface area contributed by atoms with Gasteiger partial charge in [0.05, 0.1) is 11.9 Å². The van der Waals surface area contributed by atoms with Crippen LogP contribution < -0.4 is 5.32 Å². The van der Waals surface area contributed by atoms with Crippen LogP contribution in [0, 0.1) is 5.41 Å². The van der Waals surface area contributed by atoms with E-state index in [1.54, 1.807) is 0 Å². The maximum Gasteiger partial charge on any atom is 0.0729 e. The third kappa shape index (κ3) is 2.97. The van der Waals surface area contributed by atoms with E-state index in [4.69, 9.17) is 0 Å². The molecule has 1 aliphatic rings. The van der Waals surface area contributed by atoms with Gasteiger partial charge >= 0.3 is 0 Å². The molecule has 1 aromatic heterocycles. The first-order chi connectivity index (χ1) is 7.99. The van der Waals surface area contributed by atoms with Gasteiger partial charge in [-0.25, -0.2) is 0 Å². The molecule has 4 heteroatoms. The summed E-state index contributed by atoms with van der Waals surface area (Å²) in [6.07, 6.45) is 5.34. The van der Waals surface area contributed by atoms with Crippen molar-refractivity contribution in [3.05, 3.63) is 12.4 Å². The van der Waals surface area contributed by atoms with Gasteiger partial charge in [0.1, 0.15) is 0 Å². The van der Waals surface area contributed by atoms with Crippen molar-refractivity contribution in [3.63, 3.8) is 0 Å². The van der Waals surface area contributed by atoms with E-state index in [0.717, 1.165) is 5.69 Å². The number of aromatic nitrogens is 2. The van der Waals surface area contributed by atoms with Crippen molar-refractivity contribution in [1.29, 1.82) is 0 Å². The lowest BCUT2D eigenvalue weighted by atomic mass is 9.82. The molecule has 0 amide bonds. The van der Waals surface area contributed by atoms with Gasteiger partial charge in [0.25, 0.3) is 0 Å². The normalized spacial score (nSPS) is 23.9. The van der Waals surface area contributed by atoms with Gasteiger partial charge < -0.3 is 5.32 Å². The Morgan fingerprint density at radius 2 is 2.29 bits per heavy atom. The number of nitrogens with zero attached hydrogens (tertiary/aromatic N) is 2. The van der Waals surface area contributed by atoms with Crippen LogP contribution in [0.25, 0.3) is 0 Å². The minimum absolute atomic E-state index is 0.380. The number of thioether (sulfide) groups is 1. The lowest BCUT2D eigenvalue weighted by Crippen LogP contribution is -2.41. The summed E-state index contributed by atoms with van der Waals surface area (Å²) in [6.45, 7) is 9.02. The van der Waals surface area contributed by atoms with Crippen LogP contribution in [-0.4, -0.2) is 27.3 Å². The molecule has 0 aliphatic carbocycles. The molecule has 1 aliphatic heterocycles. The maximum absolute atomic E-state index is 4.38. The highest BCUT2D eigenvalue weighted by molar-refractivity contribution is 7.99. The molecule has 1 atom stereocenters. The average molecular weight is 253 g/mol. The third-order valence-corrected chi connectivity index (χ3v) is 4.65. The highest BCUT2D eigenvalue weighted by atomic mass is 32.2. The van der Waals surface area contributed by atoms with E-state index in [1.165, 1.54) is 17.9 Å². The lowest BCUT2D eigenvalue weighted by Gasteiger charge is -2.38. The van der Waals surface area contributed by atoms with E-state index in [9.17, 15) is 0 Å². The molecule has 1 aromatic rings. The largest absolute Gasteiger partial charge is 0.378 e. The van der Waals surface area contributed by atoms with Gasteiger partial charge in [-0.05, 0) is 31.4 Å². The van der Waals surface area contributed by atoms with Crippen LogP contribution in [0.15, 0.2) is 12.4 Å². The Bertz CT molecular complexity index is 370. The smallest absolute Gasteiger partial charge is 0.0729 e. The van der Waals surface area contributed by atoms with Crippen LogP contribution >= 0.6 is 11.8 Å². The molecule has 0 radical (unpaired) electrons. The van der Waals surface area contributed by atoms with E-state index in [-0.39, 0.29) is 0 Å². The summed E-state index contributed by atoms with van der Waals surface area (Å²) in [7, 11) is 0. The molecular weight excluding hydrogens is 230 g/mol. The SMILES string of the molecule is CC(C)n1cc(NC2CSCCC2(C)C)cn1. The van der Waals surface area contributed by atoms with Crippen LogP contribution in [0.3, 0.4) is 0 Å². The molecule has 96 valence electrons. The maximum atomic E-state index is 4.38. The monoisotopic (exact) mass is 253 g/mol. The lowest BCUT2D eigenvalue weighted by molar-refractivity contribution is 0.305. The van der Waals surface area contributed by atoms with Crippen LogP contribution in [0.2, 0.25) is 0 Å². The summed E-state index contributed by atoms with van der Waals surface area (Å²) in [5.41, 5.74) is 1.53. The Morgan fingerprint density at radius 3 is 2.88 bits per heavy atom. The van der Waals surface area contributed by atoms with Crippen LogP contribution in [-0.2, 0) is 0 Å². The van der Waals surface area contributed by atoms with Crippen molar-refractivity contribution >= 4 is 17.4 Å². The second-order valence-electron chi connectivity index (χ2n) is 5.81. The van der Waals surface area contributed by atoms with Crippen molar-refractivity contribution in [2.75, 3.05) is 16.8 Å². The van der Waals surface area contributed by atoms with Crippen LogP contribution in [0.1, 0.15) is 40.2 Å². The van der Waals surface area contributed by atoms with Gasteiger partial charge in [-0.2, -0.15) is 16.9 Å². The predicted octanol–water partition coefficient (Wildman–Crippen LogP) is 3.41. The first-order valence-corrected chi connectivity index (χ1v) is 7.53. The minimum Gasteiger partial charge on any atom is -0.378 e. The Morgan fingerprint density at radius 1 is 1.53 bits per heavy atom. The van der Waals surface area contributed by atoms with Gasteiger partial charge in [0.15, 0.2) is 0 Å². The van der Waals surface area contributed by atoms with Crippen molar-refractivity contribution in [2.24, 2.45) is 5.41 Å². The number of hydrogen-bond acceptors (Lipinski definition) is 3. The van der Waals surface area contributed by atoms with E-state index < -0.39 is 0 Å². The van der Waals surface area contributed by atoms with Crippen LogP contribution in [0.4, 0.5) is 5.69 Å². The Kier molecular flexibility index (Phi) is 3.71. The van der Waals surface area contributed by atoms with Gasteiger partial charge in [-0.3, -0.25) is 4.68 Å². The molecule has 2 heterocycles. The number of anilines is 1. The zero-order chi connectivity index (χ0) is 12.5. The summed E-state index contributed by atoms with van der Waals surface area (Å²) in [4.78, 5) is 0. The van der Waals surface area contributed by atoms with Gasteiger partial charge in [0.2, 0.25) is 0 Å². The molecule has 1 fully saturated rings. The second kappa shape index (κ2) is 4.92. The van der Waals surface area contributed by atoms with Gasteiger partial charge in [0, 0.05) is 24.0 Å². The van der Waals surface area contributed by atoms with Crippen molar-refractivity contribution in [1.82, 2.24) is 9.78 Å². The fraction of sp³-hybridized carbons (Fsp3) is 0.769. The van der Waals surface area contributed by atoms with Gasteiger partial charge in [-0.15, -0.1) is 0 Å². The molecule has 0 saturated carbocycles. The second-order valence-corrected chi connectivity index (χ2v) is 6.96. The summed E-state index contributed by atoms with van der Waals surface area (Å²) >= 11 is 2.05. The number of hydrogen-bond donors (Lipinski definition) is 1. The summed E-state index contributed by atoms with van der Waals surface area (Å²) in [5.74, 6) is 2.48. The quantitative estimate of drug-likeness (QED) is 0.895. The highest BCUT2D eigenvalue weighted by Gasteiger charge is 2.32. The average Bonchev–Trinajstić information content (AvgIpc) is 2.70. The zero-order valence-electron chi connectivity index (χ0n) is 11.2. The van der Waals surface area contributed by atoms with Crippen molar-refractivity contribution in [3.8, 4) is 0 Å². The van der Waals surface area contributed by atoms with Crippen molar-refractivity contribution < 1.29 is 0 Å². The number of rotatable bonds is 3. The molecule has 1 saturated heterocycles. The van der Waals surface area contributed by atoms with E-state index in [0.29, 0.717) is 17.5 Å². The predicted molar refractivity (Wildman–Crippen MR) is 75.7 cm³/mol. The zero-order valence-corrected chi connectivity index (χ0v) is 12.0. The summed E-state index contributed by atoms with van der Waals surface area (Å²) in [6, 6.07) is 0.977. The van der Waals surface area contributed by atoms with Gasteiger partial charge in [-0.1, -0.05) is 13.8 Å². The summed E-state index contributed by atoms with van der Waals surface area (Å²) in [5, 5.41) is 8.02. The third-order valence-electron chi connectivity index (χ3n) is 3.59. The fourth-order valence-electron chi connectivity index (χ4n) is 2.07. The first-order valence-electron chi connectivity index (χ1n) is 6.37. The van der Waals surface area contributed by atoms with E-state index in [1.807, 2.05) is 22.6 Å². The highest BCUT2D eigenvalue weighted by Crippen LogP contribution is 2.35. The summed E-state index contributed by atoms with van der Waals surface area (Å²) < 4.78 is 2.01. The fourth-order valence-corrected chi connectivity index (χ4v) is 3.68. The molecule has 0 spiro atoms. The van der Waals surface area contributed by atoms with E-state index >= 15 is 0 Å². The Labute approximate surface area is 108 Å². The molecule has 0 aromatic carbocycles. The standard InChI is InChI=1S/C13H23N3S/c1-10(2)16-8-11(7-14-16)15-12-9-17-6-5-13(12,3)4/h7-8,10,12,15H,5-6,9H2,1-4H3. The Hall–Kier alpha value is -0.640. The van der Waals surface area contributed by atoms with Crippen LogP contribution in [0.5, 0.6) is 0 Å². The molecule has 0 bridgehead atoms. The molecular formula is C13H23N3S. The molecule has 3 nitrogen and oxygen atoms in total. The first kappa shape index (κ1) is 12.8. The topological polar surface area (TPSA) is 29.9 Å². The van der Waals surface area contributed by atoms with E-state index in [2.05, 4.69) is 44.3 Å². The molecule has 1 unspecified atom stereocenters. The molecule has 17 heavy (non-hydrogen) atoms. The molecule has 1 N–H and O–H groups in total. The molecule has 2 rings (SSSR count). The minimum atomic E-state index is 0.380. The Balaban J connectivity index is 2.04.